The van der Waals surface area contributed by atoms with E-state index in [1.165, 1.54) is 0 Å². The van der Waals surface area contributed by atoms with E-state index < -0.39 is 0 Å². The lowest BCUT2D eigenvalue weighted by Gasteiger charge is -2.35. The van der Waals surface area contributed by atoms with Crippen LogP contribution >= 0.6 is 36.2 Å². The second-order valence-electron chi connectivity index (χ2n) is 6.46. The van der Waals surface area contributed by atoms with Gasteiger partial charge >= 0.3 is 0 Å². The van der Waals surface area contributed by atoms with Gasteiger partial charge in [0.2, 0.25) is 0 Å². The average molecular weight is 442 g/mol. The van der Waals surface area contributed by atoms with Gasteiger partial charge in [-0.15, -0.1) is 36.2 Å². The van der Waals surface area contributed by atoms with E-state index >= 15 is 0 Å². The third kappa shape index (κ3) is 4.85. The molecule has 0 spiro atoms. The van der Waals surface area contributed by atoms with Gasteiger partial charge in [0.25, 0.3) is 0 Å². The zero-order valence-corrected chi connectivity index (χ0v) is 18.3. The fraction of sp³-hybridized carbons (Fsp3) is 0.368. The van der Waals surface area contributed by atoms with Crippen LogP contribution in [0.3, 0.4) is 0 Å². The molecule has 1 saturated heterocycles. The quantitative estimate of drug-likeness (QED) is 0.655. The number of halogens is 2. The van der Waals surface area contributed by atoms with E-state index in [0.717, 1.165) is 54.0 Å². The van der Waals surface area contributed by atoms with Crippen LogP contribution in [0.4, 0.5) is 0 Å². The van der Waals surface area contributed by atoms with E-state index in [4.69, 9.17) is 9.72 Å². The molecule has 1 fully saturated rings. The van der Waals surface area contributed by atoms with Gasteiger partial charge in [0.1, 0.15) is 16.6 Å². The monoisotopic (exact) mass is 441 g/mol. The molecule has 1 aliphatic rings. The molecule has 28 heavy (non-hydrogen) atoms. The summed E-state index contributed by atoms with van der Waals surface area (Å²) in [6, 6.07) is 8.33. The first kappa shape index (κ1) is 22.6. The number of rotatable bonds is 5. The molecule has 0 saturated carbocycles. The SMILES string of the molecule is COc1cccc(-c2nc(CN3CCNCC3c3nccn3C)cs2)c1.Cl.Cl. The zero-order chi connectivity index (χ0) is 17.9. The lowest BCUT2D eigenvalue weighted by atomic mass is 10.1. The van der Waals surface area contributed by atoms with E-state index in [2.05, 4.69) is 38.3 Å². The molecule has 0 amide bonds. The number of nitrogens with zero attached hydrogens (tertiary/aromatic N) is 4. The van der Waals surface area contributed by atoms with Crippen molar-refractivity contribution in [3.63, 3.8) is 0 Å². The standard InChI is InChI=1S/C19H23N5OS.2ClH/c1-23-8-7-21-18(23)17-11-20-6-9-24(17)12-15-13-26-19(22-15)14-4-3-5-16(10-14)25-2;;/h3-5,7-8,10,13,17,20H,6,9,11-12H2,1-2H3;2*1H. The van der Waals surface area contributed by atoms with Crippen LogP contribution in [0.1, 0.15) is 17.6 Å². The second kappa shape index (κ2) is 10.2. The molecule has 3 aromatic rings. The van der Waals surface area contributed by atoms with E-state index in [9.17, 15) is 0 Å². The number of ether oxygens (including phenoxy) is 1. The van der Waals surface area contributed by atoms with E-state index in [1.807, 2.05) is 30.6 Å². The number of hydrogen-bond acceptors (Lipinski definition) is 6. The normalized spacial score (nSPS) is 16.9. The van der Waals surface area contributed by atoms with Gasteiger partial charge in [-0.25, -0.2) is 9.97 Å². The fourth-order valence-corrected chi connectivity index (χ4v) is 4.17. The van der Waals surface area contributed by atoms with Crippen molar-refractivity contribution in [3.8, 4) is 16.3 Å². The second-order valence-corrected chi connectivity index (χ2v) is 7.32. The number of aryl methyl sites for hydroxylation is 1. The first-order valence-corrected chi connectivity index (χ1v) is 9.63. The van der Waals surface area contributed by atoms with E-state index in [-0.39, 0.29) is 30.9 Å². The number of benzene rings is 1. The smallest absolute Gasteiger partial charge is 0.127 e. The summed E-state index contributed by atoms with van der Waals surface area (Å²) in [7, 11) is 3.74. The highest BCUT2D eigenvalue weighted by atomic mass is 35.5. The molecule has 1 atom stereocenters. The summed E-state index contributed by atoms with van der Waals surface area (Å²) in [5.74, 6) is 1.96. The van der Waals surface area contributed by atoms with Crippen LogP contribution in [-0.2, 0) is 13.6 Å². The Hall–Kier alpha value is -1.64. The maximum Gasteiger partial charge on any atom is 0.127 e. The molecule has 4 rings (SSSR count). The molecule has 3 heterocycles. The molecule has 6 nitrogen and oxygen atoms in total. The Morgan fingerprint density at radius 3 is 2.93 bits per heavy atom. The van der Waals surface area contributed by atoms with Crippen molar-refractivity contribution >= 4 is 36.2 Å². The van der Waals surface area contributed by atoms with Crippen molar-refractivity contribution in [2.45, 2.75) is 12.6 Å². The first-order valence-electron chi connectivity index (χ1n) is 8.75. The highest BCUT2D eigenvalue weighted by Gasteiger charge is 2.27. The minimum atomic E-state index is 0. The molecule has 0 radical (unpaired) electrons. The summed E-state index contributed by atoms with van der Waals surface area (Å²) in [4.78, 5) is 11.9. The Bertz CT molecular complexity index is 885. The van der Waals surface area contributed by atoms with Crippen LogP contribution in [0.15, 0.2) is 42.0 Å². The summed E-state index contributed by atoms with van der Waals surface area (Å²) in [5.41, 5.74) is 2.20. The van der Waals surface area contributed by atoms with E-state index in [1.54, 1.807) is 18.4 Å². The average Bonchev–Trinajstić information content (AvgIpc) is 3.31. The largest absolute Gasteiger partial charge is 0.497 e. The third-order valence-corrected chi connectivity index (χ3v) is 5.68. The van der Waals surface area contributed by atoms with Crippen molar-refractivity contribution < 1.29 is 4.74 Å². The maximum absolute atomic E-state index is 5.32. The van der Waals surface area contributed by atoms with Crippen LogP contribution < -0.4 is 10.1 Å². The van der Waals surface area contributed by atoms with E-state index in [0.29, 0.717) is 0 Å². The summed E-state index contributed by atoms with van der Waals surface area (Å²) in [5, 5.41) is 6.67. The molecular formula is C19H25Cl2N5OS. The Morgan fingerprint density at radius 1 is 1.32 bits per heavy atom. The zero-order valence-electron chi connectivity index (χ0n) is 15.9. The molecule has 0 aliphatic carbocycles. The minimum Gasteiger partial charge on any atom is -0.497 e. The van der Waals surface area contributed by atoms with Gasteiger partial charge in [-0.3, -0.25) is 4.90 Å². The summed E-state index contributed by atoms with van der Waals surface area (Å²) < 4.78 is 7.43. The van der Waals surface area contributed by atoms with Crippen LogP contribution in [0, 0.1) is 0 Å². The minimum absolute atomic E-state index is 0. The van der Waals surface area contributed by atoms with Gasteiger partial charge in [-0.05, 0) is 12.1 Å². The van der Waals surface area contributed by atoms with Crippen LogP contribution in [0.5, 0.6) is 5.75 Å². The Morgan fingerprint density at radius 2 is 2.18 bits per heavy atom. The number of piperazine rings is 1. The molecule has 9 heteroatoms. The summed E-state index contributed by atoms with van der Waals surface area (Å²) in [6.45, 7) is 3.73. The molecule has 0 bridgehead atoms. The molecule has 1 N–H and O–H groups in total. The van der Waals surface area contributed by atoms with Gasteiger partial charge in [-0.1, -0.05) is 12.1 Å². The molecule has 1 unspecified atom stereocenters. The summed E-state index contributed by atoms with van der Waals surface area (Å²) in [6.07, 6.45) is 3.87. The lowest BCUT2D eigenvalue weighted by molar-refractivity contribution is 0.143. The molecule has 2 aromatic heterocycles. The number of nitrogens with one attached hydrogen (secondary N) is 1. The fourth-order valence-electron chi connectivity index (χ4n) is 3.36. The van der Waals surface area contributed by atoms with Crippen LogP contribution in [0.25, 0.3) is 10.6 Å². The van der Waals surface area contributed by atoms with Gasteiger partial charge in [0.05, 0.1) is 18.8 Å². The van der Waals surface area contributed by atoms with Crippen molar-refractivity contribution in [1.29, 1.82) is 0 Å². The van der Waals surface area contributed by atoms with Gasteiger partial charge < -0.3 is 14.6 Å². The number of thiazole rings is 1. The van der Waals surface area contributed by atoms with Gasteiger partial charge in [0, 0.05) is 56.6 Å². The van der Waals surface area contributed by atoms with Crippen molar-refractivity contribution in [3.05, 3.63) is 53.6 Å². The molecular weight excluding hydrogens is 417 g/mol. The lowest BCUT2D eigenvalue weighted by Crippen LogP contribution is -2.46. The topological polar surface area (TPSA) is 55.2 Å². The summed E-state index contributed by atoms with van der Waals surface area (Å²) >= 11 is 1.68. The van der Waals surface area contributed by atoms with Crippen molar-refractivity contribution in [2.75, 3.05) is 26.7 Å². The highest BCUT2D eigenvalue weighted by Crippen LogP contribution is 2.29. The van der Waals surface area contributed by atoms with Gasteiger partial charge in [-0.2, -0.15) is 0 Å². The maximum atomic E-state index is 5.32. The number of aromatic nitrogens is 3. The number of imidazole rings is 1. The first-order chi connectivity index (χ1) is 12.7. The van der Waals surface area contributed by atoms with Crippen molar-refractivity contribution in [2.24, 2.45) is 7.05 Å². The predicted octanol–water partition coefficient (Wildman–Crippen LogP) is 3.54. The van der Waals surface area contributed by atoms with Crippen molar-refractivity contribution in [1.82, 2.24) is 24.8 Å². The Kier molecular flexibility index (Phi) is 8.27. The number of hydrogen-bond donors (Lipinski definition) is 1. The van der Waals surface area contributed by atoms with Crippen LogP contribution in [-0.4, -0.2) is 46.2 Å². The Balaban J connectivity index is 0.00000140. The molecule has 1 aliphatic heterocycles. The molecule has 152 valence electrons. The molecule has 1 aromatic carbocycles. The predicted molar refractivity (Wildman–Crippen MR) is 118 cm³/mol. The number of methoxy groups -OCH3 is 1. The Labute approximate surface area is 181 Å². The van der Waals surface area contributed by atoms with Gasteiger partial charge in [0.15, 0.2) is 0 Å². The highest BCUT2D eigenvalue weighted by molar-refractivity contribution is 7.13. The van der Waals surface area contributed by atoms with Crippen LogP contribution in [0.2, 0.25) is 0 Å². The third-order valence-electron chi connectivity index (χ3n) is 4.74.